The number of phenolic OH excluding ortho intramolecular Hbond substituents is 1. The van der Waals surface area contributed by atoms with E-state index in [4.69, 9.17) is 4.74 Å². The number of phenols is 1. The largest absolute Gasteiger partial charge is 0.504 e. The minimum Gasteiger partial charge on any atom is -0.504 e. The number of aryl methyl sites for hydroxylation is 1. The molecule has 0 aliphatic carbocycles. The number of nitrogens with one attached hydrogen (secondary N) is 1. The van der Waals surface area contributed by atoms with Gasteiger partial charge in [0.1, 0.15) is 0 Å². The number of aromatic hydroxyl groups is 1. The van der Waals surface area contributed by atoms with E-state index in [9.17, 15) is 9.90 Å². The van der Waals surface area contributed by atoms with E-state index in [-0.39, 0.29) is 23.0 Å². The molecule has 2 N–H and O–H groups in total. The van der Waals surface area contributed by atoms with Gasteiger partial charge in [-0.2, -0.15) is 0 Å². The average Bonchev–Trinajstić information content (AvgIpc) is 2.49. The molecule has 0 saturated heterocycles. The fourth-order valence-corrected chi connectivity index (χ4v) is 2.11. The summed E-state index contributed by atoms with van der Waals surface area (Å²) in [6, 6.07) is 12.5. The van der Waals surface area contributed by atoms with E-state index in [0.717, 1.165) is 12.8 Å². The minimum absolute atomic E-state index is 0.153. The number of para-hydroxylation sites is 1. The summed E-state index contributed by atoms with van der Waals surface area (Å²) in [5.74, 6) is -0.240. The van der Waals surface area contributed by atoms with Crippen molar-refractivity contribution in [2.24, 2.45) is 0 Å². The average molecular weight is 285 g/mol. The molecule has 0 spiro atoms. The lowest BCUT2D eigenvalue weighted by Crippen LogP contribution is -2.12. The summed E-state index contributed by atoms with van der Waals surface area (Å²) >= 11 is 0. The van der Waals surface area contributed by atoms with Gasteiger partial charge in [-0.15, -0.1) is 0 Å². The monoisotopic (exact) mass is 285 g/mol. The maximum absolute atomic E-state index is 12.2. The molecule has 2 aromatic carbocycles. The van der Waals surface area contributed by atoms with Crippen molar-refractivity contribution in [1.29, 1.82) is 0 Å². The summed E-state index contributed by atoms with van der Waals surface area (Å²) in [6.07, 6.45) is 2.11. The van der Waals surface area contributed by atoms with Crippen LogP contribution in [0.15, 0.2) is 42.5 Å². The first-order chi connectivity index (χ1) is 10.2. The first-order valence-corrected chi connectivity index (χ1v) is 6.92. The molecule has 0 aromatic heterocycles. The van der Waals surface area contributed by atoms with Crippen LogP contribution in [0.5, 0.6) is 11.5 Å². The Hall–Kier alpha value is -2.49. The van der Waals surface area contributed by atoms with Crippen LogP contribution in [0.1, 0.15) is 29.3 Å². The van der Waals surface area contributed by atoms with Crippen LogP contribution in [0.3, 0.4) is 0 Å². The lowest BCUT2D eigenvalue weighted by Gasteiger charge is -2.10. The highest BCUT2D eigenvalue weighted by Crippen LogP contribution is 2.29. The predicted octanol–water partition coefficient (Wildman–Crippen LogP) is 3.61. The third-order valence-corrected chi connectivity index (χ3v) is 3.21. The van der Waals surface area contributed by atoms with Crippen LogP contribution in [0, 0.1) is 0 Å². The second kappa shape index (κ2) is 6.79. The van der Waals surface area contributed by atoms with Crippen molar-refractivity contribution in [3.05, 3.63) is 53.6 Å². The summed E-state index contributed by atoms with van der Waals surface area (Å²) in [6.45, 7) is 2.13. The highest BCUT2D eigenvalue weighted by molar-refractivity contribution is 6.06. The van der Waals surface area contributed by atoms with Crippen LogP contribution < -0.4 is 10.1 Å². The number of amides is 1. The molecular weight excluding hydrogens is 266 g/mol. The summed E-state index contributed by atoms with van der Waals surface area (Å²) in [5.41, 5.74) is 2.12. The second-order valence-electron chi connectivity index (χ2n) is 4.76. The Morgan fingerprint density at radius 3 is 2.52 bits per heavy atom. The van der Waals surface area contributed by atoms with E-state index in [0.29, 0.717) is 5.69 Å². The maximum atomic E-state index is 12.2. The molecular formula is C17H19NO3. The molecule has 110 valence electrons. The number of methoxy groups -OCH3 is 1. The van der Waals surface area contributed by atoms with Crippen LogP contribution in [-0.4, -0.2) is 18.1 Å². The number of rotatable bonds is 5. The molecule has 2 rings (SSSR count). The third-order valence-electron chi connectivity index (χ3n) is 3.21. The quantitative estimate of drug-likeness (QED) is 0.882. The predicted molar refractivity (Wildman–Crippen MR) is 83.0 cm³/mol. The van der Waals surface area contributed by atoms with Gasteiger partial charge in [-0.05, 0) is 36.2 Å². The topological polar surface area (TPSA) is 58.6 Å². The van der Waals surface area contributed by atoms with Crippen molar-refractivity contribution < 1.29 is 14.6 Å². The Balaban J connectivity index is 2.14. The fourth-order valence-electron chi connectivity index (χ4n) is 2.11. The summed E-state index contributed by atoms with van der Waals surface area (Å²) < 4.78 is 5.00. The van der Waals surface area contributed by atoms with Crippen LogP contribution in [0.2, 0.25) is 0 Å². The number of carbonyl (C=O) groups excluding carboxylic acids is 1. The Morgan fingerprint density at radius 2 is 1.90 bits per heavy atom. The van der Waals surface area contributed by atoms with Gasteiger partial charge >= 0.3 is 0 Å². The molecule has 0 aliphatic heterocycles. The van der Waals surface area contributed by atoms with E-state index in [2.05, 4.69) is 12.2 Å². The van der Waals surface area contributed by atoms with E-state index < -0.39 is 0 Å². The number of hydrogen-bond acceptors (Lipinski definition) is 3. The maximum Gasteiger partial charge on any atom is 0.259 e. The molecule has 4 heteroatoms. The summed E-state index contributed by atoms with van der Waals surface area (Å²) in [4.78, 5) is 12.2. The molecule has 0 aliphatic rings. The zero-order valence-corrected chi connectivity index (χ0v) is 12.2. The first kappa shape index (κ1) is 14.9. The lowest BCUT2D eigenvalue weighted by atomic mass is 10.1. The Kier molecular flexibility index (Phi) is 4.82. The van der Waals surface area contributed by atoms with Crippen molar-refractivity contribution in [1.82, 2.24) is 0 Å². The van der Waals surface area contributed by atoms with Gasteiger partial charge in [-0.1, -0.05) is 31.5 Å². The van der Waals surface area contributed by atoms with Gasteiger partial charge in [0.25, 0.3) is 5.91 Å². The van der Waals surface area contributed by atoms with Gasteiger partial charge in [0, 0.05) is 5.69 Å². The molecule has 0 bridgehead atoms. The van der Waals surface area contributed by atoms with Gasteiger partial charge in [0.2, 0.25) is 0 Å². The molecule has 21 heavy (non-hydrogen) atoms. The van der Waals surface area contributed by atoms with Crippen molar-refractivity contribution in [3.63, 3.8) is 0 Å². The van der Waals surface area contributed by atoms with Crippen molar-refractivity contribution in [3.8, 4) is 11.5 Å². The Morgan fingerprint density at radius 1 is 1.19 bits per heavy atom. The minimum atomic E-state index is -0.366. The van der Waals surface area contributed by atoms with Crippen molar-refractivity contribution in [2.75, 3.05) is 12.4 Å². The number of hydrogen-bond donors (Lipinski definition) is 2. The summed E-state index contributed by atoms with van der Waals surface area (Å²) in [7, 11) is 1.45. The van der Waals surface area contributed by atoms with E-state index in [1.54, 1.807) is 18.2 Å². The fraction of sp³-hybridized carbons (Fsp3) is 0.235. The normalized spacial score (nSPS) is 10.2. The second-order valence-corrected chi connectivity index (χ2v) is 4.76. The number of carbonyl (C=O) groups is 1. The van der Waals surface area contributed by atoms with Gasteiger partial charge in [0.15, 0.2) is 11.5 Å². The molecule has 0 radical (unpaired) electrons. The molecule has 0 atom stereocenters. The first-order valence-electron chi connectivity index (χ1n) is 6.92. The van der Waals surface area contributed by atoms with Crippen LogP contribution in [-0.2, 0) is 6.42 Å². The third kappa shape index (κ3) is 3.54. The lowest BCUT2D eigenvalue weighted by molar-refractivity contribution is 0.102. The van der Waals surface area contributed by atoms with Gasteiger partial charge in [-0.3, -0.25) is 4.79 Å². The highest BCUT2D eigenvalue weighted by Gasteiger charge is 2.14. The van der Waals surface area contributed by atoms with Gasteiger partial charge in [-0.25, -0.2) is 0 Å². The zero-order valence-electron chi connectivity index (χ0n) is 12.2. The van der Waals surface area contributed by atoms with E-state index in [1.165, 1.54) is 12.7 Å². The van der Waals surface area contributed by atoms with Gasteiger partial charge in [0.05, 0.1) is 12.7 Å². The van der Waals surface area contributed by atoms with Crippen LogP contribution in [0.25, 0.3) is 0 Å². The van der Waals surface area contributed by atoms with Crippen LogP contribution in [0.4, 0.5) is 5.69 Å². The summed E-state index contributed by atoms with van der Waals surface area (Å²) in [5, 5.41) is 12.7. The molecule has 2 aromatic rings. The van der Waals surface area contributed by atoms with E-state index in [1.807, 2.05) is 24.3 Å². The Bertz CT molecular complexity index is 620. The smallest absolute Gasteiger partial charge is 0.259 e. The van der Waals surface area contributed by atoms with E-state index >= 15 is 0 Å². The number of benzene rings is 2. The van der Waals surface area contributed by atoms with Crippen molar-refractivity contribution in [2.45, 2.75) is 19.8 Å². The highest BCUT2D eigenvalue weighted by atomic mass is 16.5. The molecule has 0 saturated carbocycles. The zero-order chi connectivity index (χ0) is 15.2. The molecule has 0 heterocycles. The number of ether oxygens (including phenoxy) is 1. The van der Waals surface area contributed by atoms with Gasteiger partial charge < -0.3 is 15.2 Å². The SMILES string of the molecule is CCCc1ccc(NC(=O)c2cccc(OC)c2O)cc1. The standard InChI is InChI=1S/C17H19NO3/c1-3-5-12-8-10-13(11-9-12)18-17(20)14-6-4-7-15(21-2)16(14)19/h4,6-11,19H,3,5H2,1-2H3,(H,18,20). The number of anilines is 1. The molecule has 0 unspecified atom stereocenters. The molecule has 1 amide bonds. The Labute approximate surface area is 124 Å². The van der Waals surface area contributed by atoms with Crippen molar-refractivity contribution >= 4 is 11.6 Å². The van der Waals surface area contributed by atoms with Crippen LogP contribution >= 0.6 is 0 Å². The molecule has 4 nitrogen and oxygen atoms in total. The molecule has 0 fully saturated rings.